The minimum absolute atomic E-state index is 0.0177. The molecule has 14 nitrogen and oxygen atoms in total. The van der Waals surface area contributed by atoms with Crippen LogP contribution in [0.5, 0.6) is 0 Å². The average Bonchev–Trinajstić information content (AvgIpc) is 4.03. The van der Waals surface area contributed by atoms with Gasteiger partial charge in [0, 0.05) is 12.1 Å². The highest BCUT2D eigenvalue weighted by Gasteiger charge is 2.66. The Labute approximate surface area is 357 Å². The number of amides is 4. The van der Waals surface area contributed by atoms with Crippen LogP contribution in [0.15, 0.2) is 60.9 Å². The van der Waals surface area contributed by atoms with Gasteiger partial charge in [-0.25, -0.2) is 19.6 Å². The van der Waals surface area contributed by atoms with Gasteiger partial charge in [0.1, 0.15) is 23.2 Å². The number of carbonyl (C=O) groups excluding carboxylic acids is 4. The molecule has 4 amide bonds. The highest BCUT2D eigenvalue weighted by molar-refractivity contribution is 5.94. The molecule has 2 aromatic heterocycles. The number of fused-ring (bicyclic) bond motifs is 4. The van der Waals surface area contributed by atoms with Crippen molar-refractivity contribution < 1.29 is 28.7 Å². The Morgan fingerprint density at radius 3 is 1.69 bits per heavy atom. The highest BCUT2D eigenvalue weighted by Crippen LogP contribution is 2.56. The number of ether oxygens (including phenoxy) is 2. The molecule has 2 aliphatic heterocycles. The summed E-state index contributed by atoms with van der Waals surface area (Å²) >= 11 is 0. The number of hydrogen-bond donors (Lipinski definition) is 4. The van der Waals surface area contributed by atoms with Crippen molar-refractivity contribution in [2.24, 2.45) is 29.6 Å². The van der Waals surface area contributed by atoms with Gasteiger partial charge in [0.15, 0.2) is 0 Å². The minimum atomic E-state index is -0.933. The number of methoxy groups -OCH3 is 2. The molecule has 3 saturated carbocycles. The molecule has 0 spiro atoms. The van der Waals surface area contributed by atoms with Gasteiger partial charge in [-0.05, 0) is 103 Å². The van der Waals surface area contributed by atoms with E-state index >= 15 is 0 Å². The number of nitrogens with one attached hydrogen (secondary N) is 4. The van der Waals surface area contributed by atoms with Gasteiger partial charge in [-0.2, -0.15) is 0 Å². The number of aromatic nitrogens is 4. The van der Waals surface area contributed by atoms with E-state index in [0.717, 1.165) is 83.8 Å². The van der Waals surface area contributed by atoms with Crippen LogP contribution in [0.2, 0.25) is 0 Å². The highest BCUT2D eigenvalue weighted by atomic mass is 16.5. The number of rotatable bonds is 12. The molecule has 322 valence electrons. The molecule has 4 aromatic rings. The summed E-state index contributed by atoms with van der Waals surface area (Å²) in [6.45, 7) is 8.28. The van der Waals surface area contributed by atoms with Crippen molar-refractivity contribution >= 4 is 24.0 Å². The van der Waals surface area contributed by atoms with E-state index in [-0.39, 0.29) is 53.7 Å². The number of carbonyl (C=O) groups is 4. The second-order valence-electron chi connectivity index (χ2n) is 18.8. The molecule has 4 N–H and O–H groups in total. The van der Waals surface area contributed by atoms with E-state index in [1.807, 2.05) is 36.0 Å². The lowest BCUT2D eigenvalue weighted by atomic mass is 9.96. The van der Waals surface area contributed by atoms with E-state index < -0.39 is 23.8 Å². The van der Waals surface area contributed by atoms with Crippen molar-refractivity contribution in [2.75, 3.05) is 14.2 Å². The Morgan fingerprint density at radius 2 is 1.21 bits per heavy atom. The number of nitrogens with zero attached hydrogens (tertiary/aromatic N) is 4. The maximum Gasteiger partial charge on any atom is 0.407 e. The van der Waals surface area contributed by atoms with Crippen LogP contribution in [0, 0.1) is 29.6 Å². The van der Waals surface area contributed by atoms with Crippen LogP contribution in [-0.4, -0.2) is 91.6 Å². The van der Waals surface area contributed by atoms with Crippen LogP contribution >= 0.6 is 0 Å². The van der Waals surface area contributed by atoms with Crippen LogP contribution < -0.4 is 10.6 Å². The zero-order valence-corrected chi connectivity index (χ0v) is 35.9. The molecule has 0 unspecified atom stereocenters. The van der Waals surface area contributed by atoms with Gasteiger partial charge in [0.25, 0.3) is 0 Å². The van der Waals surface area contributed by atoms with Crippen LogP contribution in [0.4, 0.5) is 9.59 Å². The fraction of sp³-hybridized carbons (Fsp3) is 0.532. The zero-order chi connectivity index (χ0) is 42.7. The maximum absolute atomic E-state index is 14.4. The zero-order valence-electron chi connectivity index (χ0n) is 35.9. The smallest absolute Gasteiger partial charge is 0.407 e. The summed E-state index contributed by atoms with van der Waals surface area (Å²) in [5.74, 6) is 2.63. The van der Waals surface area contributed by atoms with Crippen molar-refractivity contribution in [2.45, 2.75) is 115 Å². The summed E-state index contributed by atoms with van der Waals surface area (Å²) in [5.41, 5.74) is 4.99. The quantitative estimate of drug-likeness (QED) is 0.112. The molecule has 5 aliphatic rings. The van der Waals surface area contributed by atoms with E-state index in [1.54, 1.807) is 0 Å². The van der Waals surface area contributed by atoms with Gasteiger partial charge in [0.2, 0.25) is 11.8 Å². The van der Waals surface area contributed by atoms with E-state index in [4.69, 9.17) is 19.4 Å². The van der Waals surface area contributed by atoms with Gasteiger partial charge in [-0.1, -0.05) is 76.2 Å². The summed E-state index contributed by atoms with van der Waals surface area (Å²) < 4.78 is 9.80. The fourth-order valence-corrected chi connectivity index (χ4v) is 11.3. The molecule has 5 fully saturated rings. The number of piperidine rings is 2. The van der Waals surface area contributed by atoms with Crippen molar-refractivity contribution in [3.05, 3.63) is 72.6 Å². The normalized spacial score (nSPS) is 27.8. The SMILES string of the molecule is COC(=O)N[C@@H](CC(C)C)C(=O)N1[C@@H]2CC[C@@H](C2)[C@H]1c1ncc(-c2ccc(-c3ccc(-c4cnc([C@@H]5[C@H]6CC[C@H](C6)N5C(=O)[C@@]5(NC(=O)OC)C[C@H]5C(C)C)[nH]4)cc3)cc2)[nH]1. The number of aromatic amines is 2. The Hall–Kier alpha value is -5.66. The average molecular weight is 831 g/mol. The first kappa shape index (κ1) is 40.7. The third kappa shape index (κ3) is 7.35. The third-order valence-corrected chi connectivity index (χ3v) is 14.3. The summed E-state index contributed by atoms with van der Waals surface area (Å²) in [5, 5.41) is 5.73. The van der Waals surface area contributed by atoms with Crippen molar-refractivity contribution in [1.82, 2.24) is 40.4 Å². The maximum atomic E-state index is 14.4. The van der Waals surface area contributed by atoms with Gasteiger partial charge in [-0.15, -0.1) is 0 Å². The lowest BCUT2D eigenvalue weighted by Gasteiger charge is -2.37. The molecule has 14 heteroatoms. The first-order valence-electron chi connectivity index (χ1n) is 22.1. The van der Waals surface area contributed by atoms with E-state index in [9.17, 15) is 19.2 Å². The number of imidazole rings is 2. The third-order valence-electron chi connectivity index (χ3n) is 14.3. The van der Waals surface area contributed by atoms with Gasteiger partial charge in [-0.3, -0.25) is 9.59 Å². The van der Waals surface area contributed by atoms with Crippen molar-refractivity contribution in [1.29, 1.82) is 0 Å². The topological polar surface area (TPSA) is 175 Å². The lowest BCUT2D eigenvalue weighted by molar-refractivity contribution is -0.140. The molecule has 0 radical (unpaired) electrons. The van der Waals surface area contributed by atoms with Crippen molar-refractivity contribution in [3.63, 3.8) is 0 Å². The molecule has 9 atom stereocenters. The number of H-pyrrole nitrogens is 2. The van der Waals surface area contributed by atoms with Gasteiger partial charge in [0.05, 0.1) is 50.1 Å². The van der Waals surface area contributed by atoms with E-state index in [1.165, 1.54) is 14.2 Å². The molecule has 4 bridgehead atoms. The Balaban J connectivity index is 0.883. The summed E-state index contributed by atoms with van der Waals surface area (Å²) in [7, 11) is 2.65. The number of benzene rings is 2. The second-order valence-corrected chi connectivity index (χ2v) is 18.8. The molecule has 4 heterocycles. The molecular formula is C47H58N8O6. The largest absolute Gasteiger partial charge is 0.453 e. The fourth-order valence-electron chi connectivity index (χ4n) is 11.3. The molecule has 3 aliphatic carbocycles. The van der Waals surface area contributed by atoms with Gasteiger partial charge < -0.3 is 39.9 Å². The lowest BCUT2D eigenvalue weighted by Crippen LogP contribution is -2.55. The molecule has 2 aromatic carbocycles. The standard InChI is InChI=1S/C47H58N8O6/c1-25(2)19-36(52-45(58)60-5)43(56)54-33-17-15-31(20-33)39(54)41-48-23-37(50-41)29-11-7-27(8-12-29)28-9-13-30(14-10-28)38-24-49-42(51-38)40-32-16-18-34(21-32)55(40)44(57)47(53-46(59)61-6)22-35(47)26(3)4/h7-14,23-26,31-36,39-40H,15-22H2,1-6H3,(H,48,50)(H,49,51)(H,52,58)(H,53,59)/t31-,32-,33+,34+,35-,36-,39-,40-,47+/m0/s1. The first-order valence-corrected chi connectivity index (χ1v) is 22.1. The Bertz CT molecular complexity index is 2290. The monoisotopic (exact) mass is 830 g/mol. The minimum Gasteiger partial charge on any atom is -0.453 e. The van der Waals surface area contributed by atoms with E-state index in [2.05, 4.69) is 83.0 Å². The molecule has 9 rings (SSSR count). The number of likely N-dealkylation sites (tertiary alicyclic amines) is 2. The second kappa shape index (κ2) is 16.0. The van der Waals surface area contributed by atoms with E-state index in [0.29, 0.717) is 24.7 Å². The summed E-state index contributed by atoms with van der Waals surface area (Å²) in [4.78, 5) is 73.9. The predicted octanol–water partition coefficient (Wildman–Crippen LogP) is 7.78. The van der Waals surface area contributed by atoms with Crippen LogP contribution in [0.25, 0.3) is 33.6 Å². The summed E-state index contributed by atoms with van der Waals surface area (Å²) in [6, 6.07) is 16.0. The van der Waals surface area contributed by atoms with Gasteiger partial charge >= 0.3 is 12.2 Å². The summed E-state index contributed by atoms with van der Waals surface area (Å²) in [6.07, 6.45) is 9.58. The number of hydrogen-bond acceptors (Lipinski definition) is 8. The Morgan fingerprint density at radius 1 is 0.721 bits per heavy atom. The first-order chi connectivity index (χ1) is 29.4. The van der Waals surface area contributed by atoms with Crippen LogP contribution in [0.3, 0.4) is 0 Å². The van der Waals surface area contributed by atoms with Crippen LogP contribution in [0.1, 0.15) is 103 Å². The number of alkyl carbamates (subject to hydrolysis) is 2. The van der Waals surface area contributed by atoms with Crippen molar-refractivity contribution in [3.8, 4) is 33.6 Å². The molecule has 61 heavy (non-hydrogen) atoms. The predicted molar refractivity (Wildman–Crippen MR) is 228 cm³/mol. The Kier molecular flexibility index (Phi) is 10.7. The van der Waals surface area contributed by atoms with Crippen LogP contribution in [-0.2, 0) is 19.1 Å². The molecular weight excluding hydrogens is 773 g/mol. The molecule has 2 saturated heterocycles.